The summed E-state index contributed by atoms with van der Waals surface area (Å²) in [6, 6.07) is 0. The summed E-state index contributed by atoms with van der Waals surface area (Å²) in [4.78, 5) is 11.1. The molecule has 0 aromatic carbocycles. The van der Waals surface area contributed by atoms with Gasteiger partial charge in [0, 0.05) is 12.5 Å². The highest BCUT2D eigenvalue weighted by Gasteiger charge is 2.15. The molecule has 0 fully saturated rings. The fraction of sp³-hybridized carbons (Fsp3) is 0.769. The Hall–Kier alpha value is -0.790. The normalized spacial score (nSPS) is 20.3. The smallest absolute Gasteiger partial charge is 0.162 e. The van der Waals surface area contributed by atoms with Gasteiger partial charge in [0.15, 0.2) is 5.78 Å². The molecule has 1 atom stereocenters. The lowest BCUT2D eigenvalue weighted by atomic mass is 10.0. The lowest BCUT2D eigenvalue weighted by Gasteiger charge is -2.18. The van der Waals surface area contributed by atoms with Crippen LogP contribution in [0.1, 0.15) is 58.3 Å². The third kappa shape index (κ3) is 5.60. The zero-order valence-corrected chi connectivity index (χ0v) is 9.71. The molecule has 0 aromatic heterocycles. The zero-order valence-electron chi connectivity index (χ0n) is 9.71. The van der Waals surface area contributed by atoms with Crippen LogP contribution in [-0.2, 0) is 9.53 Å². The van der Waals surface area contributed by atoms with Crippen molar-refractivity contribution in [2.45, 2.75) is 64.4 Å². The molecule has 1 rings (SSSR count). The third-order valence-electron chi connectivity index (χ3n) is 2.83. The summed E-state index contributed by atoms with van der Waals surface area (Å²) in [5.74, 6) is 0.206. The average molecular weight is 210 g/mol. The van der Waals surface area contributed by atoms with E-state index in [4.69, 9.17) is 4.74 Å². The molecule has 1 aliphatic rings. The number of carbonyl (C=O) groups is 1. The lowest BCUT2D eigenvalue weighted by Crippen LogP contribution is -2.18. The van der Waals surface area contributed by atoms with E-state index < -0.39 is 0 Å². The second-order valence-corrected chi connectivity index (χ2v) is 4.29. The minimum atomic E-state index is 0.147. The van der Waals surface area contributed by atoms with Crippen LogP contribution in [0.3, 0.4) is 0 Å². The number of ketones is 1. The molecule has 0 aromatic rings. The Labute approximate surface area is 92.7 Å². The van der Waals surface area contributed by atoms with E-state index in [2.05, 4.69) is 6.92 Å². The number of hydrogen-bond donors (Lipinski definition) is 0. The van der Waals surface area contributed by atoms with Crippen LogP contribution in [0.25, 0.3) is 0 Å². The molecule has 1 heterocycles. The second-order valence-electron chi connectivity index (χ2n) is 4.29. The van der Waals surface area contributed by atoms with Gasteiger partial charge in [-0.05, 0) is 12.8 Å². The first kappa shape index (κ1) is 12.3. The van der Waals surface area contributed by atoms with Crippen LogP contribution in [0.5, 0.6) is 0 Å². The summed E-state index contributed by atoms with van der Waals surface area (Å²) in [5.41, 5.74) is 0. The second kappa shape index (κ2) is 7.49. The number of carbonyl (C=O) groups excluding carboxylic acids is 1. The number of allylic oxidation sites excluding steroid dienone is 1. The molecular weight excluding hydrogens is 188 g/mol. The summed E-state index contributed by atoms with van der Waals surface area (Å²) in [5, 5.41) is 0. The van der Waals surface area contributed by atoms with Crippen molar-refractivity contribution in [1.82, 2.24) is 0 Å². The van der Waals surface area contributed by atoms with Crippen LogP contribution >= 0.6 is 0 Å². The van der Waals surface area contributed by atoms with Gasteiger partial charge in [0.1, 0.15) is 6.10 Å². The molecule has 86 valence electrons. The summed E-state index contributed by atoms with van der Waals surface area (Å²) in [7, 11) is 0. The van der Waals surface area contributed by atoms with Gasteiger partial charge in [0.05, 0.1) is 6.26 Å². The number of unbranched alkanes of at least 4 members (excludes halogenated alkanes) is 5. The Kier molecular flexibility index (Phi) is 6.14. The molecule has 0 radical (unpaired) electrons. The molecule has 0 saturated carbocycles. The van der Waals surface area contributed by atoms with Crippen LogP contribution in [0.15, 0.2) is 12.3 Å². The fourth-order valence-electron chi connectivity index (χ4n) is 1.89. The van der Waals surface area contributed by atoms with E-state index in [-0.39, 0.29) is 11.9 Å². The predicted molar refractivity (Wildman–Crippen MR) is 61.6 cm³/mol. The first-order chi connectivity index (χ1) is 7.33. The molecule has 0 amide bonds. The van der Waals surface area contributed by atoms with Gasteiger partial charge in [-0.15, -0.1) is 0 Å². The van der Waals surface area contributed by atoms with Gasteiger partial charge in [0.2, 0.25) is 0 Å². The minimum absolute atomic E-state index is 0.147. The highest BCUT2D eigenvalue weighted by atomic mass is 16.5. The van der Waals surface area contributed by atoms with Crippen molar-refractivity contribution in [3.63, 3.8) is 0 Å². The van der Waals surface area contributed by atoms with Crippen LogP contribution in [0, 0.1) is 0 Å². The van der Waals surface area contributed by atoms with Crippen LogP contribution in [-0.4, -0.2) is 11.9 Å². The van der Waals surface area contributed by atoms with E-state index >= 15 is 0 Å². The maximum atomic E-state index is 11.1. The van der Waals surface area contributed by atoms with E-state index in [1.54, 1.807) is 6.26 Å². The van der Waals surface area contributed by atoms with E-state index in [1.165, 1.54) is 44.6 Å². The standard InChI is InChI=1S/C13H22O2/c1-2-3-4-5-6-7-8-13-11-12(14)9-10-15-13/h9-10,13H,2-8,11H2,1H3. The zero-order chi connectivity index (χ0) is 10.9. The molecule has 0 spiro atoms. The van der Waals surface area contributed by atoms with E-state index in [9.17, 15) is 4.79 Å². The van der Waals surface area contributed by atoms with Crippen LogP contribution in [0.4, 0.5) is 0 Å². The molecule has 0 N–H and O–H groups in total. The first-order valence-electron chi connectivity index (χ1n) is 6.17. The molecule has 1 unspecified atom stereocenters. The molecule has 2 nitrogen and oxygen atoms in total. The highest BCUT2D eigenvalue weighted by Crippen LogP contribution is 2.15. The Morgan fingerprint density at radius 1 is 1.27 bits per heavy atom. The topological polar surface area (TPSA) is 26.3 Å². The Morgan fingerprint density at radius 3 is 2.73 bits per heavy atom. The van der Waals surface area contributed by atoms with E-state index in [0.717, 1.165) is 6.42 Å². The van der Waals surface area contributed by atoms with Crippen LogP contribution < -0.4 is 0 Å². The first-order valence-corrected chi connectivity index (χ1v) is 6.17. The highest BCUT2D eigenvalue weighted by molar-refractivity contribution is 5.90. The number of ether oxygens (including phenoxy) is 1. The van der Waals surface area contributed by atoms with Crippen molar-refractivity contribution in [1.29, 1.82) is 0 Å². The molecule has 0 bridgehead atoms. The molecule has 0 aliphatic carbocycles. The van der Waals surface area contributed by atoms with E-state index in [1.807, 2.05) is 0 Å². The van der Waals surface area contributed by atoms with Gasteiger partial charge < -0.3 is 4.74 Å². The monoisotopic (exact) mass is 210 g/mol. The van der Waals surface area contributed by atoms with Gasteiger partial charge in [-0.2, -0.15) is 0 Å². The summed E-state index contributed by atoms with van der Waals surface area (Å²) in [6.07, 6.45) is 12.6. The number of rotatable bonds is 7. The third-order valence-corrected chi connectivity index (χ3v) is 2.83. The average Bonchev–Trinajstić information content (AvgIpc) is 2.23. The van der Waals surface area contributed by atoms with Crippen molar-refractivity contribution >= 4 is 5.78 Å². The molecule has 0 saturated heterocycles. The van der Waals surface area contributed by atoms with Gasteiger partial charge in [0.25, 0.3) is 0 Å². The lowest BCUT2D eigenvalue weighted by molar-refractivity contribution is -0.118. The number of hydrogen-bond acceptors (Lipinski definition) is 2. The predicted octanol–water partition coefficient (Wildman–Crippen LogP) is 3.61. The maximum Gasteiger partial charge on any atom is 0.162 e. The summed E-state index contributed by atoms with van der Waals surface area (Å²) in [6.45, 7) is 2.23. The van der Waals surface area contributed by atoms with Gasteiger partial charge in [-0.25, -0.2) is 0 Å². The molecule has 1 aliphatic heterocycles. The minimum Gasteiger partial charge on any atom is -0.497 e. The van der Waals surface area contributed by atoms with E-state index in [0.29, 0.717) is 6.42 Å². The van der Waals surface area contributed by atoms with Crippen LogP contribution in [0.2, 0.25) is 0 Å². The molecule has 2 heteroatoms. The molecular formula is C13H22O2. The van der Waals surface area contributed by atoms with Gasteiger partial charge in [-0.3, -0.25) is 4.79 Å². The Bertz CT molecular complexity index is 209. The van der Waals surface area contributed by atoms with Crippen molar-refractivity contribution in [2.24, 2.45) is 0 Å². The van der Waals surface area contributed by atoms with Gasteiger partial charge in [-0.1, -0.05) is 39.0 Å². The quantitative estimate of drug-likeness (QED) is 0.600. The van der Waals surface area contributed by atoms with Crippen molar-refractivity contribution in [3.8, 4) is 0 Å². The summed E-state index contributed by atoms with van der Waals surface area (Å²) < 4.78 is 5.37. The molecule has 15 heavy (non-hydrogen) atoms. The largest absolute Gasteiger partial charge is 0.497 e. The summed E-state index contributed by atoms with van der Waals surface area (Å²) >= 11 is 0. The van der Waals surface area contributed by atoms with Gasteiger partial charge >= 0.3 is 0 Å². The fourth-order valence-corrected chi connectivity index (χ4v) is 1.89. The Morgan fingerprint density at radius 2 is 2.00 bits per heavy atom. The van der Waals surface area contributed by atoms with Crippen molar-refractivity contribution < 1.29 is 9.53 Å². The maximum absolute atomic E-state index is 11.1. The Balaban J connectivity index is 1.96. The van der Waals surface area contributed by atoms with Crippen molar-refractivity contribution in [2.75, 3.05) is 0 Å². The SMILES string of the molecule is CCCCCCCCC1CC(=O)C=CO1. The van der Waals surface area contributed by atoms with Crippen molar-refractivity contribution in [3.05, 3.63) is 12.3 Å².